The molecule has 4 nitrogen and oxygen atoms in total. The zero-order chi connectivity index (χ0) is 15.4. The molecule has 22 heavy (non-hydrogen) atoms. The van der Waals surface area contributed by atoms with Gasteiger partial charge in [-0.2, -0.15) is 0 Å². The van der Waals surface area contributed by atoms with E-state index in [1.54, 1.807) is 6.07 Å². The second kappa shape index (κ2) is 6.18. The lowest BCUT2D eigenvalue weighted by atomic mass is 10.0. The lowest BCUT2D eigenvalue weighted by Crippen LogP contribution is -2.01. The number of fused-ring (bicyclic) bond motifs is 1. The van der Waals surface area contributed by atoms with Crippen LogP contribution in [0.4, 0.5) is 5.69 Å². The van der Waals surface area contributed by atoms with Crippen molar-refractivity contribution in [2.75, 3.05) is 5.32 Å². The summed E-state index contributed by atoms with van der Waals surface area (Å²) in [5.41, 5.74) is 9.70. The molecule has 0 aliphatic rings. The molecule has 0 aliphatic heterocycles. The number of hydrogen-bond donors (Lipinski definition) is 3. The fraction of sp³-hybridized carbons (Fsp3) is 0.0556. The normalized spacial score (nSPS) is 10.4. The highest BCUT2D eigenvalue weighted by atomic mass is 15.0. The van der Waals surface area contributed by atoms with Crippen LogP contribution in [0.1, 0.15) is 11.1 Å². The Kier molecular flexibility index (Phi) is 3.92. The summed E-state index contributed by atoms with van der Waals surface area (Å²) in [6.45, 7) is 0.705. The zero-order valence-corrected chi connectivity index (χ0v) is 12.0. The van der Waals surface area contributed by atoms with Crippen LogP contribution in [0.3, 0.4) is 0 Å². The molecule has 4 heteroatoms. The topological polar surface area (TPSA) is 72.1 Å². The van der Waals surface area contributed by atoms with Gasteiger partial charge in [-0.05, 0) is 28.5 Å². The Morgan fingerprint density at radius 1 is 0.955 bits per heavy atom. The summed E-state index contributed by atoms with van der Waals surface area (Å²) in [4.78, 5) is 0. The van der Waals surface area contributed by atoms with Crippen molar-refractivity contribution < 1.29 is 0 Å². The highest BCUT2D eigenvalue weighted by Crippen LogP contribution is 2.20. The molecule has 3 aromatic rings. The Bertz CT molecular complexity index is 834. The van der Waals surface area contributed by atoms with Crippen LogP contribution >= 0.6 is 0 Å². The number of hydrogen-bond acceptors (Lipinski definition) is 3. The van der Waals surface area contributed by atoms with E-state index in [4.69, 9.17) is 10.9 Å². The quantitative estimate of drug-likeness (QED) is 0.360. The maximum atomic E-state index is 7.60. The van der Waals surface area contributed by atoms with Crippen LogP contribution in [0, 0.1) is 10.9 Å². The van der Waals surface area contributed by atoms with Gasteiger partial charge in [-0.25, -0.2) is 5.53 Å². The zero-order valence-electron chi connectivity index (χ0n) is 12.0. The summed E-state index contributed by atoms with van der Waals surface area (Å²) in [5, 5.41) is 16.6. The van der Waals surface area contributed by atoms with Gasteiger partial charge in [0.2, 0.25) is 0 Å². The van der Waals surface area contributed by atoms with Gasteiger partial charge in [0.25, 0.3) is 0 Å². The summed E-state index contributed by atoms with van der Waals surface area (Å²) in [6, 6.07) is 22.0. The van der Waals surface area contributed by atoms with E-state index in [1.807, 2.05) is 30.3 Å². The van der Waals surface area contributed by atoms with Crippen molar-refractivity contribution in [2.24, 2.45) is 5.11 Å². The Morgan fingerprint density at radius 2 is 1.73 bits per heavy atom. The number of rotatable bonds is 4. The largest absolute Gasteiger partial charge is 0.381 e. The minimum Gasteiger partial charge on any atom is -0.381 e. The molecule has 0 atom stereocenters. The number of anilines is 1. The van der Waals surface area contributed by atoms with E-state index >= 15 is 0 Å². The van der Waals surface area contributed by atoms with E-state index < -0.39 is 0 Å². The Morgan fingerprint density at radius 3 is 2.59 bits per heavy atom. The van der Waals surface area contributed by atoms with Crippen LogP contribution in [-0.4, -0.2) is 5.84 Å². The van der Waals surface area contributed by atoms with E-state index in [2.05, 4.69) is 40.8 Å². The molecule has 0 saturated carbocycles. The number of benzene rings is 3. The van der Waals surface area contributed by atoms with Crippen LogP contribution in [0.5, 0.6) is 0 Å². The van der Waals surface area contributed by atoms with Crippen molar-refractivity contribution in [1.29, 1.82) is 10.9 Å². The van der Waals surface area contributed by atoms with Crippen LogP contribution < -0.4 is 5.32 Å². The van der Waals surface area contributed by atoms with E-state index in [-0.39, 0.29) is 5.84 Å². The third-order valence-corrected chi connectivity index (χ3v) is 3.61. The molecule has 108 valence electrons. The van der Waals surface area contributed by atoms with Crippen molar-refractivity contribution in [3.05, 3.63) is 77.9 Å². The standard InChI is InChI=1S/C18H16N4/c19-18(22-20)14-7-4-9-16(11-14)21-12-15-8-3-6-13-5-1-2-10-17(13)15/h1-11,19-21H,12H2. The molecular formula is C18H16N4. The first-order valence-corrected chi connectivity index (χ1v) is 7.05. The fourth-order valence-corrected chi connectivity index (χ4v) is 2.48. The van der Waals surface area contributed by atoms with Crippen LogP contribution in [-0.2, 0) is 6.54 Å². The van der Waals surface area contributed by atoms with E-state index in [0.29, 0.717) is 12.1 Å². The molecule has 0 aromatic heterocycles. The van der Waals surface area contributed by atoms with Gasteiger partial charge in [0.1, 0.15) is 0 Å². The minimum atomic E-state index is -0.0335. The van der Waals surface area contributed by atoms with Gasteiger partial charge in [-0.15, -0.1) is 5.11 Å². The molecule has 3 rings (SSSR count). The Hall–Kier alpha value is -3.01. The molecule has 3 aromatic carbocycles. The Labute approximate surface area is 128 Å². The van der Waals surface area contributed by atoms with Gasteiger partial charge >= 0.3 is 0 Å². The molecule has 0 spiro atoms. The van der Waals surface area contributed by atoms with Crippen LogP contribution in [0.2, 0.25) is 0 Å². The van der Waals surface area contributed by atoms with Gasteiger partial charge in [0.15, 0.2) is 5.84 Å². The fourth-order valence-electron chi connectivity index (χ4n) is 2.48. The van der Waals surface area contributed by atoms with E-state index in [1.165, 1.54) is 16.3 Å². The average Bonchev–Trinajstić information content (AvgIpc) is 2.59. The van der Waals surface area contributed by atoms with Crippen LogP contribution in [0.25, 0.3) is 10.8 Å². The van der Waals surface area contributed by atoms with Gasteiger partial charge < -0.3 is 5.32 Å². The van der Waals surface area contributed by atoms with Crippen molar-refractivity contribution in [1.82, 2.24) is 0 Å². The summed E-state index contributed by atoms with van der Waals surface area (Å²) in [7, 11) is 0. The van der Waals surface area contributed by atoms with Crippen molar-refractivity contribution >= 4 is 22.3 Å². The summed E-state index contributed by atoms with van der Waals surface area (Å²) >= 11 is 0. The maximum absolute atomic E-state index is 7.60. The van der Waals surface area contributed by atoms with Gasteiger partial charge in [-0.1, -0.05) is 54.6 Å². The highest BCUT2D eigenvalue weighted by molar-refractivity contribution is 5.97. The van der Waals surface area contributed by atoms with Gasteiger partial charge in [0, 0.05) is 17.8 Å². The molecule has 0 unspecified atom stereocenters. The second-order valence-corrected chi connectivity index (χ2v) is 5.03. The summed E-state index contributed by atoms with van der Waals surface area (Å²) in [6.07, 6.45) is 0. The molecule has 0 fully saturated rings. The molecule has 0 bridgehead atoms. The van der Waals surface area contributed by atoms with E-state index in [9.17, 15) is 0 Å². The SMILES string of the molecule is N=NC(=N)c1cccc(NCc2cccc3ccccc23)c1. The lowest BCUT2D eigenvalue weighted by molar-refractivity contribution is 1.15. The molecule has 0 amide bonds. The molecule has 3 N–H and O–H groups in total. The van der Waals surface area contributed by atoms with Gasteiger partial charge in [0.05, 0.1) is 0 Å². The number of nitrogens with zero attached hydrogens (tertiary/aromatic N) is 1. The first-order valence-electron chi connectivity index (χ1n) is 7.05. The lowest BCUT2D eigenvalue weighted by Gasteiger charge is -2.10. The molecular weight excluding hydrogens is 272 g/mol. The third kappa shape index (κ3) is 2.86. The minimum absolute atomic E-state index is 0.0335. The van der Waals surface area contributed by atoms with Crippen molar-refractivity contribution in [2.45, 2.75) is 6.54 Å². The molecule has 0 aliphatic carbocycles. The predicted octanol–water partition coefficient (Wildman–Crippen LogP) is 4.81. The van der Waals surface area contributed by atoms with Gasteiger partial charge in [-0.3, -0.25) is 5.41 Å². The molecule has 0 radical (unpaired) electrons. The summed E-state index contributed by atoms with van der Waals surface area (Å²) < 4.78 is 0. The monoisotopic (exact) mass is 288 g/mol. The molecule has 0 saturated heterocycles. The number of nitrogens with one attached hydrogen (secondary N) is 3. The highest BCUT2D eigenvalue weighted by Gasteiger charge is 2.03. The third-order valence-electron chi connectivity index (χ3n) is 3.61. The Balaban J connectivity index is 1.82. The van der Waals surface area contributed by atoms with E-state index in [0.717, 1.165) is 5.69 Å². The van der Waals surface area contributed by atoms with Crippen molar-refractivity contribution in [3.8, 4) is 0 Å². The predicted molar refractivity (Wildman–Crippen MR) is 89.7 cm³/mol. The molecule has 0 heterocycles. The maximum Gasteiger partial charge on any atom is 0.173 e. The first kappa shape index (κ1) is 13.9. The average molecular weight is 288 g/mol. The van der Waals surface area contributed by atoms with Crippen molar-refractivity contribution in [3.63, 3.8) is 0 Å². The van der Waals surface area contributed by atoms with Crippen LogP contribution in [0.15, 0.2) is 71.8 Å². The smallest absolute Gasteiger partial charge is 0.173 e. The second-order valence-electron chi connectivity index (χ2n) is 5.03. The first-order chi connectivity index (χ1) is 10.8. The number of amidine groups is 1. The summed E-state index contributed by atoms with van der Waals surface area (Å²) in [5.74, 6) is -0.0335.